The van der Waals surface area contributed by atoms with E-state index >= 15 is 0 Å². The Morgan fingerprint density at radius 2 is 1.94 bits per heavy atom. The van der Waals surface area contributed by atoms with Gasteiger partial charge in [-0.2, -0.15) is 0 Å². The van der Waals surface area contributed by atoms with Crippen LogP contribution in [0.5, 0.6) is 5.75 Å². The molecule has 2 unspecified atom stereocenters. The minimum absolute atomic E-state index is 0.102. The van der Waals surface area contributed by atoms with Crippen molar-refractivity contribution in [2.24, 2.45) is 11.7 Å². The van der Waals surface area contributed by atoms with E-state index in [1.807, 2.05) is 26.0 Å². The summed E-state index contributed by atoms with van der Waals surface area (Å²) < 4.78 is 5.69. The second-order valence-electron chi connectivity index (χ2n) is 5.03. The number of ether oxygens (including phenoxy) is 1. The molecule has 0 amide bonds. The number of rotatable bonds is 6. The van der Waals surface area contributed by atoms with Gasteiger partial charge < -0.3 is 10.5 Å². The minimum atomic E-state index is 0.102. The summed E-state index contributed by atoms with van der Waals surface area (Å²) in [5.74, 6) is 1.42. The average molecular weight is 235 g/mol. The molecule has 2 atom stereocenters. The topological polar surface area (TPSA) is 35.2 Å². The highest BCUT2D eigenvalue weighted by atomic mass is 16.5. The van der Waals surface area contributed by atoms with Gasteiger partial charge in [0.05, 0.1) is 6.10 Å². The van der Waals surface area contributed by atoms with Crippen LogP contribution in [-0.2, 0) is 0 Å². The molecule has 2 heteroatoms. The standard InChI is InChI=1S/C15H25NO/c1-5-7-12(4)15(16)13-8-6-9-14(10-13)17-11(2)3/h6,8-12,15H,5,7,16H2,1-4H3. The number of hydrogen-bond donors (Lipinski definition) is 1. The summed E-state index contributed by atoms with van der Waals surface area (Å²) in [6.45, 7) is 8.48. The average Bonchev–Trinajstić information content (AvgIpc) is 2.28. The third kappa shape index (κ3) is 4.39. The van der Waals surface area contributed by atoms with E-state index in [9.17, 15) is 0 Å². The lowest BCUT2D eigenvalue weighted by molar-refractivity contribution is 0.242. The monoisotopic (exact) mass is 235 g/mol. The molecular formula is C15H25NO. The van der Waals surface area contributed by atoms with Crippen molar-refractivity contribution in [3.63, 3.8) is 0 Å². The van der Waals surface area contributed by atoms with Crippen LogP contribution in [0.25, 0.3) is 0 Å². The second kappa shape index (κ2) is 6.65. The van der Waals surface area contributed by atoms with Crippen LogP contribution in [0.1, 0.15) is 52.1 Å². The molecule has 1 rings (SSSR count). The van der Waals surface area contributed by atoms with Gasteiger partial charge in [-0.3, -0.25) is 0 Å². The zero-order valence-corrected chi connectivity index (χ0v) is 11.4. The van der Waals surface area contributed by atoms with Crippen LogP contribution in [-0.4, -0.2) is 6.10 Å². The highest BCUT2D eigenvalue weighted by Gasteiger charge is 2.14. The number of hydrogen-bond acceptors (Lipinski definition) is 2. The van der Waals surface area contributed by atoms with Gasteiger partial charge in [0.15, 0.2) is 0 Å². The number of nitrogens with two attached hydrogens (primary N) is 1. The summed E-state index contributed by atoms with van der Waals surface area (Å²) in [5.41, 5.74) is 7.44. The quantitative estimate of drug-likeness (QED) is 0.811. The van der Waals surface area contributed by atoms with Gasteiger partial charge in [0, 0.05) is 6.04 Å². The van der Waals surface area contributed by atoms with E-state index < -0.39 is 0 Å². The first kappa shape index (κ1) is 14.0. The number of benzene rings is 1. The van der Waals surface area contributed by atoms with Gasteiger partial charge in [-0.15, -0.1) is 0 Å². The molecule has 1 aromatic rings. The molecule has 0 aromatic heterocycles. The van der Waals surface area contributed by atoms with Crippen molar-refractivity contribution in [2.75, 3.05) is 0 Å². The Balaban J connectivity index is 2.76. The molecule has 0 bridgehead atoms. The summed E-state index contributed by atoms with van der Waals surface area (Å²) >= 11 is 0. The van der Waals surface area contributed by atoms with Gasteiger partial charge >= 0.3 is 0 Å². The molecule has 0 heterocycles. The van der Waals surface area contributed by atoms with Gasteiger partial charge in [0.1, 0.15) is 5.75 Å². The summed E-state index contributed by atoms with van der Waals surface area (Å²) in [5, 5.41) is 0. The summed E-state index contributed by atoms with van der Waals surface area (Å²) in [6.07, 6.45) is 2.54. The lowest BCUT2D eigenvalue weighted by Crippen LogP contribution is -2.19. The van der Waals surface area contributed by atoms with Gasteiger partial charge in [0.25, 0.3) is 0 Å². The van der Waals surface area contributed by atoms with E-state index in [2.05, 4.69) is 26.0 Å². The van der Waals surface area contributed by atoms with Crippen molar-refractivity contribution >= 4 is 0 Å². The van der Waals surface area contributed by atoms with Gasteiger partial charge in [-0.1, -0.05) is 32.4 Å². The van der Waals surface area contributed by atoms with Crippen molar-refractivity contribution < 1.29 is 4.74 Å². The lowest BCUT2D eigenvalue weighted by Gasteiger charge is -2.20. The zero-order valence-electron chi connectivity index (χ0n) is 11.4. The summed E-state index contributed by atoms with van der Waals surface area (Å²) in [7, 11) is 0. The zero-order chi connectivity index (χ0) is 12.8. The molecule has 0 aliphatic carbocycles. The Bertz CT molecular complexity index is 335. The first-order valence-electron chi connectivity index (χ1n) is 6.56. The van der Waals surface area contributed by atoms with Gasteiger partial charge in [-0.25, -0.2) is 0 Å². The minimum Gasteiger partial charge on any atom is -0.491 e. The second-order valence-corrected chi connectivity index (χ2v) is 5.03. The highest BCUT2D eigenvalue weighted by Crippen LogP contribution is 2.26. The van der Waals surface area contributed by atoms with Crippen LogP contribution < -0.4 is 10.5 Å². The smallest absolute Gasteiger partial charge is 0.120 e. The van der Waals surface area contributed by atoms with Crippen molar-refractivity contribution in [3.05, 3.63) is 29.8 Å². The molecular weight excluding hydrogens is 210 g/mol. The maximum absolute atomic E-state index is 6.27. The predicted octanol–water partition coefficient (Wildman–Crippen LogP) is 3.91. The SMILES string of the molecule is CCCC(C)C(N)c1cccc(OC(C)C)c1. The Kier molecular flexibility index (Phi) is 5.49. The highest BCUT2D eigenvalue weighted by molar-refractivity contribution is 5.30. The van der Waals surface area contributed by atoms with Gasteiger partial charge in [0.2, 0.25) is 0 Å². The van der Waals surface area contributed by atoms with E-state index in [1.54, 1.807) is 0 Å². The molecule has 2 nitrogen and oxygen atoms in total. The van der Waals surface area contributed by atoms with E-state index in [1.165, 1.54) is 12.0 Å². The van der Waals surface area contributed by atoms with Crippen LogP contribution in [0, 0.1) is 5.92 Å². The fourth-order valence-corrected chi connectivity index (χ4v) is 2.03. The largest absolute Gasteiger partial charge is 0.491 e. The van der Waals surface area contributed by atoms with Crippen LogP contribution in [0.2, 0.25) is 0 Å². The molecule has 0 saturated heterocycles. The molecule has 0 spiro atoms. The first-order chi connectivity index (χ1) is 8.04. The molecule has 0 saturated carbocycles. The lowest BCUT2D eigenvalue weighted by atomic mass is 9.92. The van der Waals surface area contributed by atoms with E-state index in [-0.39, 0.29) is 12.1 Å². The Morgan fingerprint density at radius 3 is 2.53 bits per heavy atom. The van der Waals surface area contributed by atoms with Gasteiger partial charge in [-0.05, 0) is 43.9 Å². The Morgan fingerprint density at radius 1 is 1.24 bits per heavy atom. The predicted molar refractivity (Wildman–Crippen MR) is 73.2 cm³/mol. The van der Waals surface area contributed by atoms with E-state index in [0.29, 0.717) is 5.92 Å². The Labute approximate surface area is 105 Å². The maximum atomic E-state index is 6.27. The van der Waals surface area contributed by atoms with Crippen molar-refractivity contribution in [3.8, 4) is 5.75 Å². The van der Waals surface area contributed by atoms with Crippen molar-refractivity contribution in [2.45, 2.75) is 52.7 Å². The molecule has 0 aliphatic rings. The molecule has 0 aliphatic heterocycles. The van der Waals surface area contributed by atoms with E-state index in [0.717, 1.165) is 12.2 Å². The third-order valence-corrected chi connectivity index (χ3v) is 2.97. The normalized spacial score (nSPS) is 14.7. The van der Waals surface area contributed by atoms with Crippen LogP contribution in [0.4, 0.5) is 0 Å². The molecule has 96 valence electrons. The summed E-state index contributed by atoms with van der Waals surface area (Å²) in [6, 6.07) is 8.26. The van der Waals surface area contributed by atoms with Crippen molar-refractivity contribution in [1.82, 2.24) is 0 Å². The molecule has 2 N–H and O–H groups in total. The maximum Gasteiger partial charge on any atom is 0.120 e. The van der Waals surface area contributed by atoms with E-state index in [4.69, 9.17) is 10.5 Å². The molecule has 0 radical (unpaired) electrons. The fraction of sp³-hybridized carbons (Fsp3) is 0.600. The van der Waals surface area contributed by atoms with Crippen molar-refractivity contribution in [1.29, 1.82) is 0 Å². The van der Waals surface area contributed by atoms with Crippen LogP contribution in [0.15, 0.2) is 24.3 Å². The summed E-state index contributed by atoms with van der Waals surface area (Å²) in [4.78, 5) is 0. The molecule has 17 heavy (non-hydrogen) atoms. The fourth-order valence-electron chi connectivity index (χ4n) is 2.03. The third-order valence-electron chi connectivity index (χ3n) is 2.97. The first-order valence-corrected chi connectivity index (χ1v) is 6.56. The van der Waals surface area contributed by atoms with Crippen LogP contribution in [0.3, 0.4) is 0 Å². The van der Waals surface area contributed by atoms with Crippen LogP contribution >= 0.6 is 0 Å². The molecule has 0 fully saturated rings. The Hall–Kier alpha value is -1.02. The molecule has 1 aromatic carbocycles.